The van der Waals surface area contributed by atoms with Gasteiger partial charge in [0.15, 0.2) is 0 Å². The largest absolute Gasteiger partial charge is 0.573 e. The molecule has 1 aliphatic heterocycles. The van der Waals surface area contributed by atoms with Crippen LogP contribution in [0.15, 0.2) is 24.3 Å². The van der Waals surface area contributed by atoms with Gasteiger partial charge in [0, 0.05) is 32.4 Å². The molecular formula is C15H18F3N3O3. The molecule has 0 saturated carbocycles. The van der Waals surface area contributed by atoms with E-state index < -0.39 is 24.2 Å². The summed E-state index contributed by atoms with van der Waals surface area (Å²) < 4.78 is 40.5. The maximum absolute atomic E-state index is 12.3. The second-order valence-corrected chi connectivity index (χ2v) is 5.59. The summed E-state index contributed by atoms with van der Waals surface area (Å²) in [6, 6.07) is 3.90. The highest BCUT2D eigenvalue weighted by atomic mass is 19.4. The van der Waals surface area contributed by atoms with Crippen LogP contribution in [0.2, 0.25) is 0 Å². The Morgan fingerprint density at radius 3 is 2.67 bits per heavy atom. The molecule has 9 heteroatoms. The first-order valence-corrected chi connectivity index (χ1v) is 7.32. The fraction of sp³-hybridized carbons (Fsp3) is 0.467. The minimum atomic E-state index is -4.80. The molecule has 1 saturated heterocycles. The monoisotopic (exact) mass is 345 g/mol. The summed E-state index contributed by atoms with van der Waals surface area (Å²) in [5, 5.41) is 2.50. The standard InChI is InChI=1S/C15H18F3N3O3/c1-20(2)13(22)12-7-4-8-21(12)14(23)19-10-5-3-6-11(9-10)24-15(16,17)18/h3,5-6,9,12H,4,7-8H2,1-2H3,(H,19,23)/t12-/m0/s1. The summed E-state index contributed by atoms with van der Waals surface area (Å²) in [7, 11) is 3.21. The first-order valence-electron chi connectivity index (χ1n) is 7.32. The first-order chi connectivity index (χ1) is 11.2. The number of nitrogens with zero attached hydrogens (tertiary/aromatic N) is 2. The quantitative estimate of drug-likeness (QED) is 0.916. The van der Waals surface area contributed by atoms with E-state index in [1.165, 1.54) is 21.9 Å². The lowest BCUT2D eigenvalue weighted by Gasteiger charge is -2.26. The molecule has 1 fully saturated rings. The number of ether oxygens (including phenoxy) is 1. The molecule has 1 aliphatic rings. The zero-order chi connectivity index (χ0) is 17.9. The van der Waals surface area contributed by atoms with Gasteiger partial charge >= 0.3 is 12.4 Å². The number of alkyl halides is 3. The Kier molecular flexibility index (Phi) is 5.20. The summed E-state index contributed by atoms with van der Waals surface area (Å²) in [5.74, 6) is -0.612. The average molecular weight is 345 g/mol. The summed E-state index contributed by atoms with van der Waals surface area (Å²) in [5.41, 5.74) is 0.157. The Morgan fingerprint density at radius 1 is 1.33 bits per heavy atom. The third-order valence-electron chi connectivity index (χ3n) is 3.56. The van der Waals surface area contributed by atoms with Crippen LogP contribution in [-0.4, -0.2) is 54.8 Å². The molecule has 1 N–H and O–H groups in total. The molecule has 6 nitrogen and oxygen atoms in total. The van der Waals surface area contributed by atoms with Crippen LogP contribution in [0.5, 0.6) is 5.75 Å². The molecule has 132 valence electrons. The van der Waals surface area contributed by atoms with Crippen molar-refractivity contribution in [3.63, 3.8) is 0 Å². The molecule has 1 aromatic rings. The maximum atomic E-state index is 12.3. The summed E-state index contributed by atoms with van der Waals surface area (Å²) in [6.07, 6.45) is -3.56. The zero-order valence-corrected chi connectivity index (χ0v) is 13.3. The maximum Gasteiger partial charge on any atom is 0.573 e. The Bertz CT molecular complexity index is 619. The van der Waals surface area contributed by atoms with Crippen LogP contribution in [0.1, 0.15) is 12.8 Å². The number of amides is 3. The number of urea groups is 1. The number of carbonyl (C=O) groups is 2. The number of hydrogen-bond donors (Lipinski definition) is 1. The second-order valence-electron chi connectivity index (χ2n) is 5.59. The van der Waals surface area contributed by atoms with Gasteiger partial charge in [-0.2, -0.15) is 0 Å². The molecule has 2 rings (SSSR count). The third kappa shape index (κ3) is 4.53. The van der Waals surface area contributed by atoms with Crippen molar-refractivity contribution < 1.29 is 27.5 Å². The minimum Gasteiger partial charge on any atom is -0.406 e. The third-order valence-corrected chi connectivity index (χ3v) is 3.56. The van der Waals surface area contributed by atoms with Crippen molar-refractivity contribution in [3.8, 4) is 5.75 Å². The molecular weight excluding hydrogens is 327 g/mol. The Hall–Kier alpha value is -2.45. The van der Waals surface area contributed by atoms with Crippen LogP contribution >= 0.6 is 0 Å². The Balaban J connectivity index is 2.06. The van der Waals surface area contributed by atoms with E-state index in [4.69, 9.17) is 0 Å². The highest BCUT2D eigenvalue weighted by molar-refractivity contribution is 5.94. The van der Waals surface area contributed by atoms with Gasteiger partial charge in [0.1, 0.15) is 11.8 Å². The normalized spacial score (nSPS) is 17.5. The lowest BCUT2D eigenvalue weighted by atomic mass is 10.2. The van der Waals surface area contributed by atoms with E-state index in [0.717, 1.165) is 12.1 Å². The molecule has 0 bridgehead atoms. The number of nitrogens with one attached hydrogen (secondary N) is 1. The molecule has 1 heterocycles. The number of anilines is 1. The van der Waals surface area contributed by atoms with Gasteiger partial charge in [0.2, 0.25) is 5.91 Å². The van der Waals surface area contributed by atoms with Crippen LogP contribution in [0.25, 0.3) is 0 Å². The first kappa shape index (κ1) is 17.9. The van der Waals surface area contributed by atoms with Gasteiger partial charge in [-0.25, -0.2) is 4.79 Å². The van der Waals surface area contributed by atoms with Gasteiger partial charge < -0.3 is 19.9 Å². The molecule has 1 atom stereocenters. The van der Waals surface area contributed by atoms with E-state index in [9.17, 15) is 22.8 Å². The average Bonchev–Trinajstić information content (AvgIpc) is 2.94. The van der Waals surface area contributed by atoms with E-state index in [1.807, 2.05) is 0 Å². The lowest BCUT2D eigenvalue weighted by molar-refractivity contribution is -0.274. The predicted octanol–water partition coefficient (Wildman–Crippen LogP) is 2.67. The minimum absolute atomic E-state index is 0.157. The molecule has 0 unspecified atom stereocenters. The van der Waals surface area contributed by atoms with Gasteiger partial charge in [0.05, 0.1) is 0 Å². The molecule has 0 radical (unpaired) electrons. The van der Waals surface area contributed by atoms with Crippen molar-refractivity contribution in [1.29, 1.82) is 0 Å². The fourth-order valence-corrected chi connectivity index (χ4v) is 2.53. The molecule has 3 amide bonds. The number of rotatable bonds is 3. The van der Waals surface area contributed by atoms with Crippen LogP contribution in [0, 0.1) is 0 Å². The molecule has 1 aromatic carbocycles. The van der Waals surface area contributed by atoms with Crippen molar-refractivity contribution in [2.75, 3.05) is 26.0 Å². The van der Waals surface area contributed by atoms with E-state index in [1.54, 1.807) is 14.1 Å². The number of benzene rings is 1. The van der Waals surface area contributed by atoms with Gasteiger partial charge in [0.25, 0.3) is 0 Å². The van der Waals surface area contributed by atoms with Crippen LogP contribution in [-0.2, 0) is 4.79 Å². The van der Waals surface area contributed by atoms with Crippen molar-refractivity contribution in [1.82, 2.24) is 9.80 Å². The van der Waals surface area contributed by atoms with Crippen molar-refractivity contribution >= 4 is 17.6 Å². The zero-order valence-electron chi connectivity index (χ0n) is 13.3. The van der Waals surface area contributed by atoms with Crippen molar-refractivity contribution in [2.45, 2.75) is 25.2 Å². The van der Waals surface area contributed by atoms with Crippen LogP contribution < -0.4 is 10.1 Å². The Labute approximate surface area is 137 Å². The molecule has 0 aromatic heterocycles. The lowest BCUT2D eigenvalue weighted by Crippen LogP contribution is -2.47. The van der Waals surface area contributed by atoms with E-state index in [0.29, 0.717) is 19.4 Å². The van der Waals surface area contributed by atoms with Crippen molar-refractivity contribution in [2.24, 2.45) is 0 Å². The number of likely N-dealkylation sites (N-methyl/N-ethyl adjacent to an activating group) is 1. The van der Waals surface area contributed by atoms with E-state index >= 15 is 0 Å². The van der Waals surface area contributed by atoms with Gasteiger partial charge in [-0.3, -0.25) is 4.79 Å². The number of hydrogen-bond acceptors (Lipinski definition) is 3. The second kappa shape index (κ2) is 6.98. The molecule has 24 heavy (non-hydrogen) atoms. The topological polar surface area (TPSA) is 61.9 Å². The van der Waals surface area contributed by atoms with Crippen LogP contribution in [0.3, 0.4) is 0 Å². The summed E-state index contributed by atoms with van der Waals surface area (Å²) in [4.78, 5) is 27.2. The highest BCUT2D eigenvalue weighted by Crippen LogP contribution is 2.26. The van der Waals surface area contributed by atoms with E-state index in [-0.39, 0.29) is 11.6 Å². The summed E-state index contributed by atoms with van der Waals surface area (Å²) in [6.45, 7) is 0.412. The summed E-state index contributed by atoms with van der Waals surface area (Å²) >= 11 is 0. The Morgan fingerprint density at radius 2 is 2.04 bits per heavy atom. The SMILES string of the molecule is CN(C)C(=O)[C@@H]1CCCN1C(=O)Nc1cccc(OC(F)(F)F)c1. The molecule has 0 spiro atoms. The number of likely N-dealkylation sites (tertiary alicyclic amines) is 1. The van der Waals surface area contributed by atoms with Gasteiger partial charge in [-0.15, -0.1) is 13.2 Å². The van der Waals surface area contributed by atoms with Gasteiger partial charge in [-0.05, 0) is 25.0 Å². The fourth-order valence-electron chi connectivity index (χ4n) is 2.53. The van der Waals surface area contributed by atoms with E-state index in [2.05, 4.69) is 10.1 Å². The van der Waals surface area contributed by atoms with Crippen LogP contribution in [0.4, 0.5) is 23.7 Å². The number of carbonyl (C=O) groups excluding carboxylic acids is 2. The molecule has 0 aliphatic carbocycles. The number of halogens is 3. The van der Waals surface area contributed by atoms with Gasteiger partial charge in [-0.1, -0.05) is 6.07 Å². The smallest absolute Gasteiger partial charge is 0.406 e. The predicted molar refractivity (Wildman–Crippen MR) is 80.6 cm³/mol. The van der Waals surface area contributed by atoms with Crippen molar-refractivity contribution in [3.05, 3.63) is 24.3 Å². The highest BCUT2D eigenvalue weighted by Gasteiger charge is 2.35.